The first-order chi connectivity index (χ1) is 13.7. The fourth-order valence-corrected chi connectivity index (χ4v) is 4.03. The van der Waals surface area contributed by atoms with Crippen LogP contribution in [0.2, 0.25) is 0 Å². The molecule has 1 atom stereocenters. The molecule has 1 saturated heterocycles. The van der Waals surface area contributed by atoms with E-state index < -0.39 is 11.9 Å². The maximum absolute atomic E-state index is 12.6. The molecule has 1 fully saturated rings. The highest BCUT2D eigenvalue weighted by Crippen LogP contribution is 2.30. The molecule has 1 amide bonds. The predicted molar refractivity (Wildman–Crippen MR) is 124 cm³/mol. The number of hydrogen-bond donors (Lipinski definition) is 2. The largest absolute Gasteiger partial charge is 0.434 e. The van der Waals surface area contributed by atoms with Crippen molar-refractivity contribution in [1.82, 2.24) is 25.4 Å². The summed E-state index contributed by atoms with van der Waals surface area (Å²) in [7, 11) is 5.21. The van der Waals surface area contributed by atoms with Gasteiger partial charge in [-0.3, -0.25) is 14.7 Å². The van der Waals surface area contributed by atoms with E-state index in [1.165, 1.54) is 0 Å². The second-order valence-corrected chi connectivity index (χ2v) is 8.02. The maximum atomic E-state index is 12.6. The van der Waals surface area contributed by atoms with Crippen LogP contribution in [0.15, 0.2) is 10.4 Å². The minimum atomic E-state index is -4.40. The number of amides is 1. The molecule has 2 rings (SSSR count). The number of carbonyl (C=O) groups is 1. The maximum Gasteiger partial charge on any atom is 0.434 e. The number of guanidine groups is 1. The Morgan fingerprint density at radius 1 is 1.37 bits per heavy atom. The third-order valence-electron chi connectivity index (χ3n) is 4.70. The molecule has 0 saturated carbocycles. The molecule has 0 aromatic carbocycles. The highest BCUT2D eigenvalue weighted by atomic mass is 127. The number of carbonyl (C=O) groups excluding carboxylic acids is 1. The molecular weight excluding hydrogens is 532 g/mol. The molecule has 1 aliphatic heterocycles. The number of nitrogens with one attached hydrogen (secondary N) is 2. The van der Waals surface area contributed by atoms with Crippen LogP contribution in [0.5, 0.6) is 0 Å². The second-order valence-electron chi connectivity index (χ2n) is 7.08. The van der Waals surface area contributed by atoms with Gasteiger partial charge in [0.2, 0.25) is 5.91 Å². The van der Waals surface area contributed by atoms with Crippen molar-refractivity contribution in [3.8, 4) is 0 Å². The number of likely N-dealkylation sites (N-methyl/N-ethyl adjacent to an activating group) is 1. The summed E-state index contributed by atoms with van der Waals surface area (Å²) in [5, 5.41) is 7.75. The predicted octanol–water partition coefficient (Wildman–Crippen LogP) is 2.43. The van der Waals surface area contributed by atoms with Crippen LogP contribution in [0.1, 0.15) is 30.0 Å². The van der Waals surface area contributed by atoms with Crippen LogP contribution in [-0.2, 0) is 17.4 Å². The van der Waals surface area contributed by atoms with E-state index in [0.717, 1.165) is 49.1 Å². The first-order valence-electron chi connectivity index (χ1n) is 9.63. The summed E-state index contributed by atoms with van der Waals surface area (Å²) in [5.74, 6) is 0.753. The molecule has 12 heteroatoms. The lowest BCUT2D eigenvalue weighted by molar-refractivity contribution is -0.140. The third kappa shape index (κ3) is 8.17. The van der Waals surface area contributed by atoms with E-state index >= 15 is 0 Å². The number of likely N-dealkylation sites (tertiary alicyclic amines) is 1. The summed E-state index contributed by atoms with van der Waals surface area (Å²) in [6, 6.07) is -0.0256. The molecule has 2 N–H and O–H groups in total. The summed E-state index contributed by atoms with van der Waals surface area (Å²) in [6.07, 6.45) is -1.21. The quantitative estimate of drug-likeness (QED) is 0.221. The van der Waals surface area contributed by atoms with Crippen molar-refractivity contribution >= 4 is 47.2 Å². The number of rotatable bonds is 8. The Morgan fingerprint density at radius 2 is 2.07 bits per heavy atom. The van der Waals surface area contributed by atoms with Gasteiger partial charge < -0.3 is 15.5 Å². The molecule has 0 radical (unpaired) electrons. The fourth-order valence-electron chi connectivity index (χ4n) is 3.22. The Balaban J connectivity index is 0.00000450. The van der Waals surface area contributed by atoms with E-state index in [-0.39, 0.29) is 35.9 Å². The Labute approximate surface area is 196 Å². The number of nitrogens with zero attached hydrogens (tertiary/aromatic N) is 4. The van der Waals surface area contributed by atoms with Gasteiger partial charge in [0.05, 0.1) is 11.0 Å². The second kappa shape index (κ2) is 12.6. The first-order valence-corrected chi connectivity index (χ1v) is 10.5. The van der Waals surface area contributed by atoms with Crippen molar-refractivity contribution < 1.29 is 18.0 Å². The van der Waals surface area contributed by atoms with Crippen molar-refractivity contribution in [3.63, 3.8) is 0 Å². The van der Waals surface area contributed by atoms with Crippen LogP contribution < -0.4 is 10.6 Å². The number of aliphatic imine (C=N–C) groups is 1. The van der Waals surface area contributed by atoms with E-state index in [0.29, 0.717) is 30.5 Å². The van der Waals surface area contributed by atoms with Crippen LogP contribution in [-0.4, -0.2) is 80.0 Å². The van der Waals surface area contributed by atoms with Crippen LogP contribution in [0.25, 0.3) is 0 Å². The molecule has 1 unspecified atom stereocenters. The molecule has 2 heterocycles. The van der Waals surface area contributed by atoms with Gasteiger partial charge in [-0.05, 0) is 25.8 Å². The third-order valence-corrected chi connectivity index (χ3v) is 5.61. The average Bonchev–Trinajstić information content (AvgIpc) is 3.32. The van der Waals surface area contributed by atoms with Crippen LogP contribution >= 0.6 is 35.3 Å². The van der Waals surface area contributed by atoms with Gasteiger partial charge >= 0.3 is 6.18 Å². The summed E-state index contributed by atoms with van der Waals surface area (Å²) >= 11 is 1.01. The minimum absolute atomic E-state index is 0. The molecule has 172 valence electrons. The van der Waals surface area contributed by atoms with Crippen molar-refractivity contribution in [3.05, 3.63) is 16.1 Å². The smallest absolute Gasteiger partial charge is 0.356 e. The van der Waals surface area contributed by atoms with Gasteiger partial charge in [-0.25, -0.2) is 4.98 Å². The SMILES string of the molecule is CN=C(NCCCN1CCCC1C(=O)N(C)C)NCCc1nc(C(F)(F)F)cs1.I. The van der Waals surface area contributed by atoms with Crippen LogP contribution in [0.4, 0.5) is 13.2 Å². The van der Waals surface area contributed by atoms with E-state index in [9.17, 15) is 18.0 Å². The monoisotopic (exact) mass is 562 g/mol. The zero-order valence-corrected chi connectivity index (χ0v) is 20.6. The van der Waals surface area contributed by atoms with Gasteiger partial charge in [0.1, 0.15) is 0 Å². The highest BCUT2D eigenvalue weighted by Gasteiger charge is 2.33. The summed E-state index contributed by atoms with van der Waals surface area (Å²) < 4.78 is 37.7. The van der Waals surface area contributed by atoms with Crippen molar-refractivity contribution in [2.75, 3.05) is 47.3 Å². The molecule has 30 heavy (non-hydrogen) atoms. The van der Waals surface area contributed by atoms with Crippen molar-refractivity contribution in [2.45, 2.75) is 37.9 Å². The zero-order chi connectivity index (χ0) is 21.4. The normalized spacial score (nSPS) is 17.5. The molecular formula is C18H30F3IN6OS. The molecule has 1 aromatic rings. The topological polar surface area (TPSA) is 72.9 Å². The Bertz CT molecular complexity index is 698. The lowest BCUT2D eigenvalue weighted by Gasteiger charge is -2.26. The number of halogens is 4. The van der Waals surface area contributed by atoms with Crippen molar-refractivity contribution in [1.29, 1.82) is 0 Å². The van der Waals surface area contributed by atoms with Gasteiger partial charge in [0.25, 0.3) is 0 Å². The highest BCUT2D eigenvalue weighted by molar-refractivity contribution is 14.0. The molecule has 1 aliphatic rings. The lowest BCUT2D eigenvalue weighted by atomic mass is 10.2. The van der Waals surface area contributed by atoms with Crippen LogP contribution in [0, 0.1) is 0 Å². The molecule has 0 aliphatic carbocycles. The van der Waals surface area contributed by atoms with Gasteiger partial charge in [0.15, 0.2) is 11.7 Å². The zero-order valence-electron chi connectivity index (χ0n) is 17.5. The van der Waals surface area contributed by atoms with E-state index in [4.69, 9.17) is 0 Å². The van der Waals surface area contributed by atoms with E-state index in [1.54, 1.807) is 26.0 Å². The number of aromatic nitrogens is 1. The Hall–Kier alpha value is -1.15. The lowest BCUT2D eigenvalue weighted by Crippen LogP contribution is -2.44. The summed E-state index contributed by atoms with van der Waals surface area (Å²) in [5.41, 5.74) is -0.840. The van der Waals surface area contributed by atoms with E-state index in [1.807, 2.05) is 0 Å². The molecule has 0 bridgehead atoms. The number of thiazole rings is 1. The average molecular weight is 562 g/mol. The van der Waals surface area contributed by atoms with Gasteiger partial charge in [-0.1, -0.05) is 0 Å². The van der Waals surface area contributed by atoms with Crippen molar-refractivity contribution in [2.24, 2.45) is 4.99 Å². The Morgan fingerprint density at radius 3 is 2.67 bits per heavy atom. The van der Waals surface area contributed by atoms with Crippen LogP contribution in [0.3, 0.4) is 0 Å². The first kappa shape index (κ1) is 26.9. The summed E-state index contributed by atoms with van der Waals surface area (Å²) in [4.78, 5) is 23.8. The Kier molecular flexibility index (Phi) is 11.3. The fraction of sp³-hybridized carbons (Fsp3) is 0.722. The summed E-state index contributed by atoms with van der Waals surface area (Å²) in [6.45, 7) is 2.89. The van der Waals surface area contributed by atoms with Gasteiger partial charge in [-0.15, -0.1) is 35.3 Å². The number of alkyl halides is 3. The van der Waals surface area contributed by atoms with E-state index in [2.05, 4.69) is 25.5 Å². The molecule has 1 aromatic heterocycles. The van der Waals surface area contributed by atoms with Gasteiger partial charge in [-0.2, -0.15) is 13.2 Å². The van der Waals surface area contributed by atoms with Gasteiger partial charge in [0, 0.05) is 52.6 Å². The number of hydrogen-bond acceptors (Lipinski definition) is 5. The minimum Gasteiger partial charge on any atom is -0.356 e. The molecule has 7 nitrogen and oxygen atoms in total. The standard InChI is InChI=1S/C18H29F3N6OS.HI/c1-22-17(24-9-7-15-25-14(12-29-15)18(19,20)21)23-8-5-11-27-10-4-6-13(27)16(28)26(2)3;/h12-13H,4-11H2,1-3H3,(H2,22,23,24);1H. The molecule has 0 spiro atoms.